The van der Waals surface area contributed by atoms with Crippen LogP contribution in [0.3, 0.4) is 0 Å². The molecule has 3 N–H and O–H groups in total. The third-order valence-corrected chi connectivity index (χ3v) is 7.30. The lowest BCUT2D eigenvalue weighted by Crippen LogP contribution is -2.29. The van der Waals surface area contributed by atoms with E-state index in [0.29, 0.717) is 23.1 Å². The standard InChI is InChI=1S/C29H31N7O2S/c1-6-26(37)31-21-16-22(25(38-5)17-24(21)36(4)13-12-35(2)3)33-29-32-20-11-14-39-28(20)27(34-29)23-15-18-9-7-8-10-19(18)30-23/h6-11,14-17,30H,1,12-13H2,2-5H3,(H,31,37)(H,32,33,34). The summed E-state index contributed by atoms with van der Waals surface area (Å²) in [6.45, 7) is 5.20. The highest BCUT2D eigenvalue weighted by Crippen LogP contribution is 2.39. The van der Waals surface area contributed by atoms with E-state index in [1.165, 1.54) is 6.08 Å². The Morgan fingerprint density at radius 2 is 1.92 bits per heavy atom. The number of methoxy groups -OCH3 is 1. The maximum atomic E-state index is 12.3. The number of hydrogen-bond acceptors (Lipinski definition) is 8. The lowest BCUT2D eigenvalue weighted by atomic mass is 10.2. The first-order chi connectivity index (χ1) is 18.9. The minimum atomic E-state index is -0.301. The Kier molecular flexibility index (Phi) is 7.49. The van der Waals surface area contributed by atoms with E-state index in [1.807, 2.05) is 62.9 Å². The van der Waals surface area contributed by atoms with E-state index in [-0.39, 0.29) is 5.91 Å². The highest BCUT2D eigenvalue weighted by atomic mass is 32.1. The summed E-state index contributed by atoms with van der Waals surface area (Å²) >= 11 is 1.60. The Hall–Kier alpha value is -4.41. The number of likely N-dealkylation sites (N-methyl/N-ethyl adjacent to an activating group) is 2. The molecule has 2 aromatic carbocycles. The number of thiophene rings is 1. The van der Waals surface area contributed by atoms with Gasteiger partial charge in [0.05, 0.1) is 40.1 Å². The molecule has 5 rings (SSSR count). The van der Waals surface area contributed by atoms with Gasteiger partial charge in [-0.3, -0.25) is 4.79 Å². The van der Waals surface area contributed by atoms with Crippen LogP contribution in [-0.2, 0) is 4.79 Å². The SMILES string of the molecule is C=CC(=O)Nc1cc(Nc2nc(-c3cc4ccccc4[nH]3)c3sccc3n2)c(OC)cc1N(C)CCN(C)C. The van der Waals surface area contributed by atoms with Crippen molar-refractivity contribution in [2.24, 2.45) is 0 Å². The van der Waals surface area contributed by atoms with Gasteiger partial charge in [0, 0.05) is 37.1 Å². The van der Waals surface area contributed by atoms with Crippen LogP contribution in [0.1, 0.15) is 0 Å². The van der Waals surface area contributed by atoms with Crippen molar-refractivity contribution in [2.75, 3.05) is 56.9 Å². The van der Waals surface area contributed by atoms with Crippen LogP contribution in [0.4, 0.5) is 23.0 Å². The molecular weight excluding hydrogens is 510 g/mol. The number of rotatable bonds is 10. The molecule has 0 radical (unpaired) electrons. The number of fused-ring (bicyclic) bond motifs is 2. The van der Waals surface area contributed by atoms with Crippen molar-refractivity contribution in [3.8, 4) is 17.1 Å². The molecule has 3 aromatic heterocycles. The molecule has 0 fully saturated rings. The monoisotopic (exact) mass is 541 g/mol. The van der Waals surface area contributed by atoms with E-state index in [0.717, 1.165) is 51.3 Å². The fraction of sp³-hybridized carbons (Fsp3) is 0.207. The van der Waals surface area contributed by atoms with Crippen LogP contribution in [0.25, 0.3) is 32.5 Å². The second kappa shape index (κ2) is 11.1. The van der Waals surface area contributed by atoms with Crippen LogP contribution in [0.15, 0.2) is 66.6 Å². The van der Waals surface area contributed by atoms with Gasteiger partial charge in [0.2, 0.25) is 11.9 Å². The lowest BCUT2D eigenvalue weighted by Gasteiger charge is -2.26. The summed E-state index contributed by atoms with van der Waals surface area (Å²) in [6.07, 6.45) is 1.25. The highest BCUT2D eigenvalue weighted by molar-refractivity contribution is 7.17. The average molecular weight is 542 g/mol. The number of hydrogen-bond donors (Lipinski definition) is 3. The second-order valence-electron chi connectivity index (χ2n) is 9.41. The molecule has 0 atom stereocenters. The number of H-pyrrole nitrogens is 1. The van der Waals surface area contributed by atoms with Crippen molar-refractivity contribution >= 4 is 61.4 Å². The van der Waals surface area contributed by atoms with Crippen molar-refractivity contribution in [1.29, 1.82) is 0 Å². The number of nitrogens with zero attached hydrogens (tertiary/aromatic N) is 4. The zero-order chi connectivity index (χ0) is 27.5. The zero-order valence-electron chi connectivity index (χ0n) is 22.4. The number of aromatic amines is 1. The zero-order valence-corrected chi connectivity index (χ0v) is 23.2. The van der Waals surface area contributed by atoms with Crippen LogP contribution in [0.5, 0.6) is 5.75 Å². The molecule has 0 aliphatic heterocycles. The molecule has 0 bridgehead atoms. The molecule has 9 nitrogen and oxygen atoms in total. The first-order valence-electron chi connectivity index (χ1n) is 12.5. The third kappa shape index (κ3) is 5.57. The van der Waals surface area contributed by atoms with Gasteiger partial charge in [0.15, 0.2) is 0 Å². The average Bonchev–Trinajstić information content (AvgIpc) is 3.58. The Labute approximate surface area is 231 Å². The second-order valence-corrected chi connectivity index (χ2v) is 10.3. The number of anilines is 4. The van der Waals surface area contributed by atoms with E-state index in [2.05, 4.69) is 44.1 Å². The summed E-state index contributed by atoms with van der Waals surface area (Å²) in [5.41, 5.74) is 5.68. The highest BCUT2D eigenvalue weighted by Gasteiger charge is 2.18. The van der Waals surface area contributed by atoms with E-state index < -0.39 is 0 Å². The molecule has 39 heavy (non-hydrogen) atoms. The van der Waals surface area contributed by atoms with Crippen LogP contribution in [0, 0.1) is 0 Å². The van der Waals surface area contributed by atoms with Crippen LogP contribution in [0.2, 0.25) is 0 Å². The third-order valence-electron chi connectivity index (χ3n) is 6.39. The normalized spacial score (nSPS) is 11.2. The molecule has 0 saturated carbocycles. The van der Waals surface area contributed by atoms with E-state index in [4.69, 9.17) is 14.7 Å². The molecule has 0 saturated heterocycles. The summed E-state index contributed by atoms with van der Waals surface area (Å²) in [4.78, 5) is 29.6. The first-order valence-corrected chi connectivity index (χ1v) is 13.4. The van der Waals surface area contributed by atoms with Crippen molar-refractivity contribution < 1.29 is 9.53 Å². The van der Waals surface area contributed by atoms with Crippen molar-refractivity contribution in [3.63, 3.8) is 0 Å². The van der Waals surface area contributed by atoms with Gasteiger partial charge in [-0.25, -0.2) is 9.97 Å². The maximum absolute atomic E-state index is 12.3. The van der Waals surface area contributed by atoms with E-state index in [9.17, 15) is 4.79 Å². The maximum Gasteiger partial charge on any atom is 0.247 e. The van der Waals surface area contributed by atoms with Gasteiger partial charge in [0.25, 0.3) is 0 Å². The molecule has 1 amide bonds. The topological polar surface area (TPSA) is 98.4 Å². The molecule has 200 valence electrons. The van der Waals surface area contributed by atoms with Gasteiger partial charge in [-0.1, -0.05) is 24.8 Å². The number of benzene rings is 2. The summed E-state index contributed by atoms with van der Waals surface area (Å²) in [5.74, 6) is 0.715. The van der Waals surface area contributed by atoms with Gasteiger partial charge in [0.1, 0.15) is 11.4 Å². The fourth-order valence-corrected chi connectivity index (χ4v) is 5.16. The quantitative estimate of drug-likeness (QED) is 0.195. The van der Waals surface area contributed by atoms with Gasteiger partial charge in [-0.2, -0.15) is 0 Å². The van der Waals surface area contributed by atoms with Crippen LogP contribution in [-0.4, -0.2) is 67.1 Å². The molecular formula is C29H31N7O2S. The lowest BCUT2D eigenvalue weighted by molar-refractivity contribution is -0.111. The Balaban J connectivity index is 1.56. The van der Waals surface area contributed by atoms with E-state index >= 15 is 0 Å². The van der Waals surface area contributed by atoms with Crippen molar-refractivity contribution in [3.05, 3.63) is 66.6 Å². The van der Waals surface area contributed by atoms with Crippen molar-refractivity contribution in [2.45, 2.75) is 0 Å². The number of aromatic nitrogens is 3. The van der Waals surface area contributed by atoms with Gasteiger partial charge >= 0.3 is 0 Å². The Bertz CT molecular complexity index is 1620. The van der Waals surface area contributed by atoms with Crippen molar-refractivity contribution in [1.82, 2.24) is 19.9 Å². The summed E-state index contributed by atoms with van der Waals surface area (Å²) in [7, 11) is 7.65. The molecule has 10 heteroatoms. The number of nitrogens with one attached hydrogen (secondary N) is 3. The number of ether oxygens (including phenoxy) is 1. The number of amides is 1. The smallest absolute Gasteiger partial charge is 0.247 e. The Morgan fingerprint density at radius 1 is 1.10 bits per heavy atom. The minimum absolute atomic E-state index is 0.301. The molecule has 3 heterocycles. The van der Waals surface area contributed by atoms with Gasteiger partial charge in [-0.05, 0) is 49.8 Å². The number of carbonyl (C=O) groups excluding carboxylic acids is 1. The predicted octanol–water partition coefficient (Wildman–Crippen LogP) is 5.71. The van der Waals surface area contributed by atoms with Gasteiger partial charge < -0.3 is 30.2 Å². The largest absolute Gasteiger partial charge is 0.494 e. The van der Waals surface area contributed by atoms with Crippen LogP contribution < -0.4 is 20.3 Å². The summed E-state index contributed by atoms with van der Waals surface area (Å²) in [5, 5.41) is 9.39. The summed E-state index contributed by atoms with van der Waals surface area (Å²) < 4.78 is 6.75. The predicted molar refractivity (Wildman–Crippen MR) is 162 cm³/mol. The minimum Gasteiger partial charge on any atom is -0.494 e. The molecule has 0 spiro atoms. The number of carbonyl (C=O) groups is 1. The molecule has 5 aromatic rings. The van der Waals surface area contributed by atoms with Crippen LogP contribution >= 0.6 is 11.3 Å². The molecule has 0 aliphatic rings. The molecule has 0 unspecified atom stereocenters. The summed E-state index contributed by atoms with van der Waals surface area (Å²) in [6, 6.07) is 16.0. The fourth-order valence-electron chi connectivity index (χ4n) is 4.33. The first kappa shape index (κ1) is 26.2. The number of para-hydroxylation sites is 1. The van der Waals surface area contributed by atoms with E-state index in [1.54, 1.807) is 18.4 Å². The Morgan fingerprint density at radius 3 is 2.67 bits per heavy atom. The van der Waals surface area contributed by atoms with Gasteiger partial charge in [-0.15, -0.1) is 11.3 Å². The molecule has 0 aliphatic carbocycles.